The maximum Gasteiger partial charge on any atom is 0.280 e. The van der Waals surface area contributed by atoms with Crippen molar-refractivity contribution in [3.05, 3.63) is 58.1 Å². The summed E-state index contributed by atoms with van der Waals surface area (Å²) in [6.07, 6.45) is 7.28. The Balaban J connectivity index is 1.62. The standard InChI is InChI=1S/C20H20N4O2/c25-19-16-12-23(14-9-5-2-6-10-14)20(26)17(16)22-18-15(11-21-24(18)19)13-7-3-1-4-8-13/h1,3-4,7-8,11,14,22H,2,5-6,9-10,12H2. The Kier molecular flexibility index (Phi) is 3.45. The summed E-state index contributed by atoms with van der Waals surface area (Å²) in [5, 5.41) is 4.28. The van der Waals surface area contributed by atoms with Crippen molar-refractivity contribution in [1.82, 2.24) is 19.5 Å². The largest absolute Gasteiger partial charge is 0.335 e. The van der Waals surface area contributed by atoms with Gasteiger partial charge >= 0.3 is 0 Å². The molecule has 1 aliphatic heterocycles. The minimum atomic E-state index is -0.192. The molecule has 3 aromatic rings. The van der Waals surface area contributed by atoms with Crippen LogP contribution in [-0.2, 0) is 6.54 Å². The third kappa shape index (κ3) is 2.21. The highest BCUT2D eigenvalue weighted by Gasteiger charge is 2.36. The van der Waals surface area contributed by atoms with Crippen LogP contribution in [-0.4, -0.2) is 31.4 Å². The number of rotatable bonds is 2. The zero-order chi connectivity index (χ0) is 17.7. The lowest BCUT2D eigenvalue weighted by atomic mass is 9.94. The van der Waals surface area contributed by atoms with Crippen molar-refractivity contribution in [2.45, 2.75) is 44.7 Å². The molecule has 0 unspecified atom stereocenters. The van der Waals surface area contributed by atoms with Crippen LogP contribution in [0.5, 0.6) is 0 Å². The number of amides is 1. The normalized spacial score (nSPS) is 17.8. The predicted octanol–water partition coefficient (Wildman–Crippen LogP) is 2.98. The van der Waals surface area contributed by atoms with E-state index < -0.39 is 0 Å². The molecule has 0 spiro atoms. The van der Waals surface area contributed by atoms with E-state index in [2.05, 4.69) is 10.1 Å². The van der Waals surface area contributed by atoms with E-state index >= 15 is 0 Å². The summed E-state index contributed by atoms with van der Waals surface area (Å²) in [4.78, 5) is 31.0. The number of carbonyl (C=O) groups excluding carboxylic acids is 1. The van der Waals surface area contributed by atoms with Crippen LogP contribution in [0.1, 0.15) is 48.2 Å². The molecule has 132 valence electrons. The maximum atomic E-state index is 13.0. The summed E-state index contributed by atoms with van der Waals surface area (Å²) in [6.45, 7) is 0.393. The minimum absolute atomic E-state index is 0.0493. The Morgan fingerprint density at radius 1 is 1.04 bits per heavy atom. The fourth-order valence-electron chi connectivity index (χ4n) is 4.28. The molecular formula is C20H20N4O2. The minimum Gasteiger partial charge on any atom is -0.335 e. The predicted molar refractivity (Wildman–Crippen MR) is 98.0 cm³/mol. The molecule has 1 N–H and O–H groups in total. The van der Waals surface area contributed by atoms with Crippen LogP contribution < -0.4 is 5.56 Å². The van der Waals surface area contributed by atoms with Crippen molar-refractivity contribution in [2.75, 3.05) is 0 Å². The number of aromatic amines is 1. The summed E-state index contributed by atoms with van der Waals surface area (Å²) in [5.41, 5.74) is 3.16. The second-order valence-corrected chi connectivity index (χ2v) is 7.19. The Bertz CT molecular complexity index is 1040. The molecule has 3 heterocycles. The van der Waals surface area contributed by atoms with Gasteiger partial charge in [-0.3, -0.25) is 9.59 Å². The van der Waals surface area contributed by atoms with Gasteiger partial charge in [-0.25, -0.2) is 0 Å². The second kappa shape index (κ2) is 5.83. The number of benzene rings is 1. The van der Waals surface area contributed by atoms with Crippen LogP contribution in [0.15, 0.2) is 41.3 Å². The van der Waals surface area contributed by atoms with Gasteiger partial charge in [-0.1, -0.05) is 49.6 Å². The summed E-state index contributed by atoms with van der Waals surface area (Å²) in [6, 6.07) is 10.0. The number of carbonyl (C=O) groups is 1. The van der Waals surface area contributed by atoms with Gasteiger partial charge < -0.3 is 9.88 Å². The highest BCUT2D eigenvalue weighted by Crippen LogP contribution is 2.30. The quantitative estimate of drug-likeness (QED) is 0.774. The monoisotopic (exact) mass is 348 g/mol. The fourth-order valence-corrected chi connectivity index (χ4v) is 4.28. The maximum absolute atomic E-state index is 13.0. The van der Waals surface area contributed by atoms with Crippen LogP contribution in [0.4, 0.5) is 0 Å². The smallest absolute Gasteiger partial charge is 0.280 e. The summed E-state index contributed by atoms with van der Waals surface area (Å²) in [5.74, 6) is -0.0493. The van der Waals surface area contributed by atoms with E-state index in [4.69, 9.17) is 0 Å². The molecule has 2 aromatic heterocycles. The summed E-state index contributed by atoms with van der Waals surface area (Å²) in [7, 11) is 0. The lowest BCUT2D eigenvalue weighted by Crippen LogP contribution is -2.37. The molecule has 0 bridgehead atoms. The van der Waals surface area contributed by atoms with Crippen molar-refractivity contribution >= 4 is 11.6 Å². The van der Waals surface area contributed by atoms with E-state index in [0.29, 0.717) is 23.4 Å². The Hall–Kier alpha value is -2.89. The van der Waals surface area contributed by atoms with Crippen molar-refractivity contribution in [2.24, 2.45) is 0 Å². The van der Waals surface area contributed by atoms with Crippen molar-refractivity contribution < 1.29 is 4.79 Å². The number of nitrogens with one attached hydrogen (secondary N) is 1. The molecular weight excluding hydrogens is 328 g/mol. The summed E-state index contributed by atoms with van der Waals surface area (Å²) >= 11 is 0. The molecule has 0 saturated heterocycles. The van der Waals surface area contributed by atoms with Gasteiger partial charge in [-0.15, -0.1) is 0 Å². The molecule has 0 atom stereocenters. The molecule has 5 rings (SSSR count). The first kappa shape index (κ1) is 15.4. The molecule has 26 heavy (non-hydrogen) atoms. The SMILES string of the molecule is O=C1c2[nH]c3c(-c4ccccc4)cnn3c(=O)c2CN1C1CCCCC1. The molecule has 6 heteroatoms. The first-order chi connectivity index (χ1) is 12.7. The number of hydrogen-bond donors (Lipinski definition) is 1. The van der Waals surface area contributed by atoms with E-state index in [9.17, 15) is 9.59 Å². The molecule has 1 aliphatic carbocycles. The van der Waals surface area contributed by atoms with Gasteiger partial charge in [0.15, 0.2) is 0 Å². The number of hydrogen-bond acceptors (Lipinski definition) is 3. The topological polar surface area (TPSA) is 70.5 Å². The molecule has 1 aromatic carbocycles. The number of fused-ring (bicyclic) bond motifs is 2. The van der Waals surface area contributed by atoms with Gasteiger partial charge in [0.05, 0.1) is 18.3 Å². The zero-order valence-corrected chi connectivity index (χ0v) is 14.4. The lowest BCUT2D eigenvalue weighted by Gasteiger charge is -2.30. The van der Waals surface area contributed by atoms with Crippen LogP contribution in [0, 0.1) is 0 Å². The van der Waals surface area contributed by atoms with Crippen LogP contribution in [0.2, 0.25) is 0 Å². The van der Waals surface area contributed by atoms with E-state index in [1.54, 1.807) is 6.20 Å². The Labute approximate surface area is 150 Å². The number of H-pyrrole nitrogens is 1. The molecule has 0 radical (unpaired) electrons. The van der Waals surface area contributed by atoms with E-state index in [1.807, 2.05) is 35.2 Å². The molecule has 6 nitrogen and oxygen atoms in total. The van der Waals surface area contributed by atoms with E-state index in [0.717, 1.165) is 36.8 Å². The Morgan fingerprint density at radius 2 is 1.81 bits per heavy atom. The van der Waals surface area contributed by atoms with Gasteiger partial charge in [-0.2, -0.15) is 9.61 Å². The highest BCUT2D eigenvalue weighted by atomic mass is 16.2. The van der Waals surface area contributed by atoms with E-state index in [1.165, 1.54) is 10.9 Å². The van der Waals surface area contributed by atoms with Gasteiger partial charge in [0.1, 0.15) is 11.3 Å². The van der Waals surface area contributed by atoms with Gasteiger partial charge in [0.2, 0.25) is 0 Å². The molecule has 1 amide bonds. The summed E-state index contributed by atoms with van der Waals surface area (Å²) < 4.78 is 1.39. The molecule has 1 saturated carbocycles. The average Bonchev–Trinajstić information content (AvgIpc) is 3.26. The lowest BCUT2D eigenvalue weighted by molar-refractivity contribution is 0.0656. The number of aromatic nitrogens is 3. The fraction of sp³-hybridized carbons (Fsp3) is 0.350. The average molecular weight is 348 g/mol. The van der Waals surface area contributed by atoms with E-state index in [-0.39, 0.29) is 17.5 Å². The van der Waals surface area contributed by atoms with Crippen molar-refractivity contribution in [3.8, 4) is 11.1 Å². The zero-order valence-electron chi connectivity index (χ0n) is 14.4. The highest BCUT2D eigenvalue weighted by molar-refractivity contribution is 5.97. The Morgan fingerprint density at radius 3 is 2.58 bits per heavy atom. The van der Waals surface area contributed by atoms with Crippen molar-refractivity contribution in [3.63, 3.8) is 0 Å². The van der Waals surface area contributed by atoms with Crippen LogP contribution >= 0.6 is 0 Å². The second-order valence-electron chi connectivity index (χ2n) is 7.19. The first-order valence-electron chi connectivity index (χ1n) is 9.23. The molecule has 2 aliphatic rings. The first-order valence-corrected chi connectivity index (χ1v) is 9.23. The number of nitrogens with zero attached hydrogens (tertiary/aromatic N) is 3. The third-order valence-corrected chi connectivity index (χ3v) is 5.67. The van der Waals surface area contributed by atoms with Gasteiger partial charge in [0.25, 0.3) is 11.5 Å². The molecule has 1 fully saturated rings. The van der Waals surface area contributed by atoms with Gasteiger partial charge in [0, 0.05) is 11.6 Å². The van der Waals surface area contributed by atoms with Crippen LogP contribution in [0.25, 0.3) is 16.8 Å². The third-order valence-electron chi connectivity index (χ3n) is 5.67. The van der Waals surface area contributed by atoms with Crippen molar-refractivity contribution in [1.29, 1.82) is 0 Å². The van der Waals surface area contributed by atoms with Crippen LogP contribution in [0.3, 0.4) is 0 Å². The van der Waals surface area contributed by atoms with Gasteiger partial charge in [-0.05, 0) is 18.4 Å².